The van der Waals surface area contributed by atoms with E-state index in [0.717, 1.165) is 0 Å². The third-order valence-corrected chi connectivity index (χ3v) is 1.83. The zero-order valence-electron chi connectivity index (χ0n) is 7.91. The molecular formula is C7H16N4O2. The fourth-order valence-corrected chi connectivity index (χ4v) is 1.01. The van der Waals surface area contributed by atoms with Crippen molar-refractivity contribution in [1.82, 2.24) is 10.3 Å². The summed E-state index contributed by atoms with van der Waals surface area (Å²) in [5, 5.41) is 0. The molecule has 6 nitrogen and oxygen atoms in total. The molecule has 0 bridgehead atoms. The van der Waals surface area contributed by atoms with Gasteiger partial charge in [0.25, 0.3) is 5.91 Å². The maximum atomic E-state index is 11.1. The van der Waals surface area contributed by atoms with Gasteiger partial charge in [0.1, 0.15) is 0 Å². The van der Waals surface area contributed by atoms with Crippen LogP contribution in [0.2, 0.25) is 0 Å². The summed E-state index contributed by atoms with van der Waals surface area (Å²) >= 11 is 0. The van der Waals surface area contributed by atoms with E-state index in [2.05, 4.69) is 0 Å². The van der Waals surface area contributed by atoms with Crippen molar-refractivity contribution in [3.63, 3.8) is 0 Å². The molecule has 13 heavy (non-hydrogen) atoms. The van der Waals surface area contributed by atoms with Crippen molar-refractivity contribution in [3.8, 4) is 0 Å². The molecule has 0 saturated heterocycles. The van der Waals surface area contributed by atoms with E-state index in [0.29, 0.717) is 6.54 Å². The van der Waals surface area contributed by atoms with Gasteiger partial charge in [0, 0.05) is 0 Å². The third-order valence-electron chi connectivity index (χ3n) is 1.83. The van der Waals surface area contributed by atoms with Crippen molar-refractivity contribution in [3.05, 3.63) is 0 Å². The molecule has 0 spiro atoms. The van der Waals surface area contributed by atoms with Crippen molar-refractivity contribution in [2.45, 2.75) is 19.9 Å². The predicted octanol–water partition coefficient (Wildman–Crippen LogP) is -1.83. The summed E-state index contributed by atoms with van der Waals surface area (Å²) in [7, 11) is 0. The van der Waals surface area contributed by atoms with Gasteiger partial charge in [-0.1, -0.05) is 6.92 Å². The highest BCUT2D eigenvalue weighted by molar-refractivity contribution is 5.82. The average molecular weight is 188 g/mol. The standard InChI is InChI=1S/C7H16N4O2/c1-3-11(4-6(8)12)5(2)7(13)10-9/h5H,3-4,9H2,1-2H3,(H2,8,12)(H,10,13). The van der Waals surface area contributed by atoms with Gasteiger partial charge in [-0.05, 0) is 13.5 Å². The van der Waals surface area contributed by atoms with Gasteiger partial charge in [0.15, 0.2) is 0 Å². The lowest BCUT2D eigenvalue weighted by molar-refractivity contribution is -0.127. The van der Waals surface area contributed by atoms with Crippen LogP contribution in [0.15, 0.2) is 0 Å². The molecule has 6 heteroatoms. The molecular weight excluding hydrogens is 172 g/mol. The number of nitrogens with one attached hydrogen (secondary N) is 1. The van der Waals surface area contributed by atoms with Gasteiger partial charge in [-0.2, -0.15) is 0 Å². The lowest BCUT2D eigenvalue weighted by Crippen LogP contribution is -2.49. The Morgan fingerprint density at radius 3 is 2.38 bits per heavy atom. The van der Waals surface area contributed by atoms with E-state index in [1.54, 1.807) is 11.8 Å². The summed E-state index contributed by atoms with van der Waals surface area (Å²) < 4.78 is 0. The van der Waals surface area contributed by atoms with E-state index in [9.17, 15) is 9.59 Å². The molecule has 0 rings (SSSR count). The van der Waals surface area contributed by atoms with Crippen molar-refractivity contribution in [2.75, 3.05) is 13.1 Å². The van der Waals surface area contributed by atoms with Crippen LogP contribution >= 0.6 is 0 Å². The molecule has 0 heterocycles. The van der Waals surface area contributed by atoms with Crippen LogP contribution in [0.4, 0.5) is 0 Å². The van der Waals surface area contributed by atoms with Gasteiger partial charge in [-0.15, -0.1) is 0 Å². The average Bonchev–Trinajstić information content (AvgIpc) is 2.11. The van der Waals surface area contributed by atoms with Crippen LogP contribution in [0, 0.1) is 0 Å². The molecule has 0 saturated carbocycles. The third kappa shape index (κ3) is 3.86. The first-order valence-corrected chi connectivity index (χ1v) is 4.05. The lowest BCUT2D eigenvalue weighted by atomic mass is 10.2. The predicted molar refractivity (Wildman–Crippen MR) is 48.2 cm³/mol. The summed E-state index contributed by atoms with van der Waals surface area (Å²) in [6, 6.07) is -0.442. The Balaban J connectivity index is 4.22. The van der Waals surface area contributed by atoms with Crippen LogP contribution in [0.5, 0.6) is 0 Å². The van der Waals surface area contributed by atoms with Gasteiger partial charge in [-0.3, -0.25) is 19.9 Å². The number of nitrogens with two attached hydrogens (primary N) is 2. The van der Waals surface area contributed by atoms with E-state index in [1.165, 1.54) is 0 Å². The number of rotatable bonds is 5. The van der Waals surface area contributed by atoms with Gasteiger partial charge in [0.2, 0.25) is 5.91 Å². The second kappa shape index (κ2) is 5.50. The number of hydrogen-bond acceptors (Lipinski definition) is 4. The molecule has 0 fully saturated rings. The van der Waals surface area contributed by atoms with Crippen LogP contribution < -0.4 is 17.0 Å². The first-order chi connectivity index (χ1) is 6.02. The Morgan fingerprint density at radius 2 is 2.08 bits per heavy atom. The van der Waals surface area contributed by atoms with Crippen LogP contribution in [-0.4, -0.2) is 35.8 Å². The molecule has 0 aliphatic rings. The van der Waals surface area contributed by atoms with E-state index in [1.807, 2.05) is 12.3 Å². The quantitative estimate of drug-likeness (QED) is 0.268. The van der Waals surface area contributed by atoms with E-state index in [-0.39, 0.29) is 12.5 Å². The Bertz CT molecular complexity index is 195. The molecule has 0 radical (unpaired) electrons. The second-order valence-corrected chi connectivity index (χ2v) is 2.71. The SMILES string of the molecule is CCN(CC(N)=O)C(C)C(=O)NN. The summed E-state index contributed by atoms with van der Waals surface area (Å²) in [5.41, 5.74) is 7.02. The lowest BCUT2D eigenvalue weighted by Gasteiger charge is -2.24. The fourth-order valence-electron chi connectivity index (χ4n) is 1.01. The molecule has 0 aliphatic carbocycles. The molecule has 0 aromatic heterocycles. The highest BCUT2D eigenvalue weighted by Gasteiger charge is 2.19. The summed E-state index contributed by atoms with van der Waals surface area (Å²) in [6.45, 7) is 4.13. The van der Waals surface area contributed by atoms with Gasteiger partial charge in [0.05, 0.1) is 12.6 Å². The van der Waals surface area contributed by atoms with E-state index < -0.39 is 11.9 Å². The van der Waals surface area contributed by atoms with Gasteiger partial charge >= 0.3 is 0 Å². The Morgan fingerprint density at radius 1 is 1.54 bits per heavy atom. The second-order valence-electron chi connectivity index (χ2n) is 2.71. The van der Waals surface area contributed by atoms with Crippen LogP contribution in [-0.2, 0) is 9.59 Å². The zero-order valence-corrected chi connectivity index (χ0v) is 7.91. The largest absolute Gasteiger partial charge is 0.369 e. The number of carbonyl (C=O) groups is 2. The number of hydrazine groups is 1. The Kier molecular flexibility index (Phi) is 5.01. The Hall–Kier alpha value is -1.14. The molecule has 2 amide bonds. The maximum absolute atomic E-state index is 11.1. The van der Waals surface area contributed by atoms with Crippen LogP contribution in [0.25, 0.3) is 0 Å². The molecule has 76 valence electrons. The van der Waals surface area contributed by atoms with Gasteiger partial charge in [-0.25, -0.2) is 5.84 Å². The highest BCUT2D eigenvalue weighted by Crippen LogP contribution is 1.97. The molecule has 0 aromatic carbocycles. The van der Waals surface area contributed by atoms with Crippen LogP contribution in [0.3, 0.4) is 0 Å². The molecule has 0 aliphatic heterocycles. The topological polar surface area (TPSA) is 101 Å². The molecule has 1 unspecified atom stereocenters. The number of nitrogens with zero attached hydrogens (tertiary/aromatic N) is 1. The number of carbonyl (C=O) groups excluding carboxylic acids is 2. The molecule has 5 N–H and O–H groups in total. The zero-order chi connectivity index (χ0) is 10.4. The highest BCUT2D eigenvalue weighted by atomic mass is 16.2. The normalized spacial score (nSPS) is 12.6. The first-order valence-electron chi connectivity index (χ1n) is 4.05. The fraction of sp³-hybridized carbons (Fsp3) is 0.714. The Labute approximate surface area is 77.2 Å². The number of likely N-dealkylation sites (N-methyl/N-ethyl adjacent to an activating group) is 1. The van der Waals surface area contributed by atoms with Crippen molar-refractivity contribution in [2.24, 2.45) is 11.6 Å². The van der Waals surface area contributed by atoms with Crippen molar-refractivity contribution in [1.29, 1.82) is 0 Å². The minimum absolute atomic E-state index is 0.0606. The smallest absolute Gasteiger partial charge is 0.250 e. The number of primary amides is 1. The molecule has 1 atom stereocenters. The number of amides is 2. The molecule has 0 aromatic rings. The number of hydrogen-bond donors (Lipinski definition) is 3. The summed E-state index contributed by atoms with van der Waals surface area (Å²) in [5.74, 6) is 4.16. The minimum atomic E-state index is -0.460. The monoisotopic (exact) mass is 188 g/mol. The summed E-state index contributed by atoms with van der Waals surface area (Å²) in [6.07, 6.45) is 0. The maximum Gasteiger partial charge on any atom is 0.250 e. The summed E-state index contributed by atoms with van der Waals surface area (Å²) in [4.78, 5) is 23.3. The van der Waals surface area contributed by atoms with E-state index >= 15 is 0 Å². The van der Waals surface area contributed by atoms with Crippen molar-refractivity contribution >= 4 is 11.8 Å². The van der Waals surface area contributed by atoms with Crippen LogP contribution in [0.1, 0.15) is 13.8 Å². The minimum Gasteiger partial charge on any atom is -0.369 e. The first kappa shape index (κ1) is 11.9. The van der Waals surface area contributed by atoms with Crippen molar-refractivity contribution < 1.29 is 9.59 Å². The van der Waals surface area contributed by atoms with Gasteiger partial charge < -0.3 is 5.73 Å². The van der Waals surface area contributed by atoms with E-state index in [4.69, 9.17) is 11.6 Å².